The van der Waals surface area contributed by atoms with E-state index in [0.29, 0.717) is 12.8 Å². The SMILES string of the molecule is OC1(/C(I)=C/C(F)(F)F)CCCCC1. The van der Waals surface area contributed by atoms with Gasteiger partial charge in [0.15, 0.2) is 0 Å². The fraction of sp³-hybridized carbons (Fsp3) is 0.778. The van der Waals surface area contributed by atoms with E-state index in [2.05, 4.69) is 0 Å². The Balaban J connectivity index is 2.75. The van der Waals surface area contributed by atoms with Gasteiger partial charge in [-0.2, -0.15) is 13.2 Å². The molecule has 1 N–H and O–H groups in total. The molecule has 1 rings (SSSR count). The highest BCUT2D eigenvalue weighted by Crippen LogP contribution is 2.39. The van der Waals surface area contributed by atoms with Crippen molar-refractivity contribution in [3.05, 3.63) is 9.66 Å². The number of hydrogen-bond donors (Lipinski definition) is 1. The Morgan fingerprint density at radius 3 is 2.14 bits per heavy atom. The normalized spacial score (nSPS) is 23.6. The van der Waals surface area contributed by atoms with Crippen molar-refractivity contribution in [2.75, 3.05) is 0 Å². The Morgan fingerprint density at radius 1 is 1.21 bits per heavy atom. The lowest BCUT2D eigenvalue weighted by atomic mass is 9.84. The first-order valence-electron chi connectivity index (χ1n) is 4.51. The van der Waals surface area contributed by atoms with Crippen molar-refractivity contribution in [1.29, 1.82) is 0 Å². The van der Waals surface area contributed by atoms with Gasteiger partial charge in [0.2, 0.25) is 0 Å². The van der Waals surface area contributed by atoms with Gasteiger partial charge in [-0.25, -0.2) is 0 Å². The number of aliphatic hydroxyl groups is 1. The van der Waals surface area contributed by atoms with Gasteiger partial charge < -0.3 is 5.11 Å². The number of alkyl halides is 3. The molecule has 0 aliphatic heterocycles. The second kappa shape index (κ2) is 4.38. The van der Waals surface area contributed by atoms with Crippen LogP contribution in [0.3, 0.4) is 0 Å². The van der Waals surface area contributed by atoms with Gasteiger partial charge in [0.25, 0.3) is 0 Å². The topological polar surface area (TPSA) is 20.2 Å². The molecular formula is C9H12F3IO. The predicted molar refractivity (Wildman–Crippen MR) is 56.2 cm³/mol. The van der Waals surface area contributed by atoms with Crippen LogP contribution in [0, 0.1) is 0 Å². The van der Waals surface area contributed by atoms with E-state index in [9.17, 15) is 18.3 Å². The Hall–Kier alpha value is 0.220. The molecule has 1 aliphatic rings. The van der Waals surface area contributed by atoms with Crippen LogP contribution < -0.4 is 0 Å². The molecular weight excluding hydrogens is 308 g/mol. The highest BCUT2D eigenvalue weighted by atomic mass is 127. The average molecular weight is 320 g/mol. The molecule has 0 aromatic rings. The van der Waals surface area contributed by atoms with Crippen LogP contribution in [0.4, 0.5) is 13.2 Å². The highest BCUT2D eigenvalue weighted by Gasteiger charge is 2.35. The van der Waals surface area contributed by atoms with Crippen molar-refractivity contribution in [1.82, 2.24) is 0 Å². The van der Waals surface area contributed by atoms with Gasteiger partial charge in [0.1, 0.15) is 0 Å². The summed E-state index contributed by atoms with van der Waals surface area (Å²) in [7, 11) is 0. The highest BCUT2D eigenvalue weighted by molar-refractivity contribution is 14.1. The third-order valence-electron chi connectivity index (χ3n) is 2.42. The van der Waals surface area contributed by atoms with E-state index < -0.39 is 11.8 Å². The van der Waals surface area contributed by atoms with E-state index in [1.165, 1.54) is 0 Å². The van der Waals surface area contributed by atoms with Gasteiger partial charge in [0, 0.05) is 9.66 Å². The fourth-order valence-electron chi connectivity index (χ4n) is 1.65. The molecule has 0 bridgehead atoms. The quantitative estimate of drug-likeness (QED) is 0.733. The maximum Gasteiger partial charge on any atom is 0.410 e. The van der Waals surface area contributed by atoms with E-state index in [-0.39, 0.29) is 9.66 Å². The molecule has 0 spiro atoms. The van der Waals surface area contributed by atoms with E-state index in [1.807, 2.05) is 0 Å². The summed E-state index contributed by atoms with van der Waals surface area (Å²) < 4.78 is 36.1. The van der Waals surface area contributed by atoms with Gasteiger partial charge in [-0.1, -0.05) is 19.3 Å². The molecule has 0 unspecified atom stereocenters. The molecule has 1 fully saturated rings. The fourth-order valence-corrected chi connectivity index (χ4v) is 2.55. The molecule has 0 radical (unpaired) electrons. The first kappa shape index (κ1) is 12.3. The summed E-state index contributed by atoms with van der Waals surface area (Å²) in [6.45, 7) is 0. The van der Waals surface area contributed by atoms with Crippen LogP contribution in [0.1, 0.15) is 32.1 Å². The van der Waals surface area contributed by atoms with Crippen LogP contribution in [0.15, 0.2) is 9.66 Å². The van der Waals surface area contributed by atoms with Crippen LogP contribution in [0.2, 0.25) is 0 Å². The third-order valence-corrected chi connectivity index (χ3v) is 3.73. The van der Waals surface area contributed by atoms with Crippen molar-refractivity contribution >= 4 is 22.6 Å². The summed E-state index contributed by atoms with van der Waals surface area (Å²) in [5.41, 5.74) is -1.23. The number of hydrogen-bond acceptors (Lipinski definition) is 1. The Labute approximate surface area is 94.5 Å². The zero-order chi connectivity index (χ0) is 10.8. The zero-order valence-corrected chi connectivity index (χ0v) is 9.73. The molecule has 5 heteroatoms. The number of rotatable bonds is 1. The van der Waals surface area contributed by atoms with Crippen molar-refractivity contribution in [3.63, 3.8) is 0 Å². The number of halogens is 4. The Morgan fingerprint density at radius 2 is 1.71 bits per heavy atom. The summed E-state index contributed by atoms with van der Waals surface area (Å²) in [6.07, 6.45) is -0.639. The molecule has 0 saturated heterocycles. The van der Waals surface area contributed by atoms with Gasteiger partial charge in [-0.15, -0.1) is 0 Å². The molecule has 0 atom stereocenters. The van der Waals surface area contributed by atoms with Crippen LogP contribution in [-0.2, 0) is 0 Å². The van der Waals surface area contributed by atoms with Crippen LogP contribution in [0.25, 0.3) is 0 Å². The first-order chi connectivity index (χ1) is 6.33. The van der Waals surface area contributed by atoms with E-state index >= 15 is 0 Å². The van der Waals surface area contributed by atoms with Crippen molar-refractivity contribution in [2.24, 2.45) is 0 Å². The van der Waals surface area contributed by atoms with Gasteiger partial charge in [-0.3, -0.25) is 0 Å². The lowest BCUT2D eigenvalue weighted by molar-refractivity contribution is -0.0821. The van der Waals surface area contributed by atoms with Crippen LogP contribution >= 0.6 is 22.6 Å². The molecule has 14 heavy (non-hydrogen) atoms. The van der Waals surface area contributed by atoms with Crippen LogP contribution in [0.5, 0.6) is 0 Å². The van der Waals surface area contributed by atoms with Gasteiger partial charge in [0.05, 0.1) is 5.60 Å². The second-order valence-electron chi connectivity index (χ2n) is 3.63. The van der Waals surface area contributed by atoms with Crippen LogP contribution in [-0.4, -0.2) is 16.9 Å². The summed E-state index contributed by atoms with van der Waals surface area (Å²) in [4.78, 5) is 0. The summed E-state index contributed by atoms with van der Waals surface area (Å²) in [5.74, 6) is 0. The van der Waals surface area contributed by atoms with E-state index in [1.54, 1.807) is 22.6 Å². The lowest BCUT2D eigenvalue weighted by Crippen LogP contribution is -2.32. The zero-order valence-electron chi connectivity index (χ0n) is 7.57. The first-order valence-corrected chi connectivity index (χ1v) is 5.59. The largest absolute Gasteiger partial charge is 0.410 e. The van der Waals surface area contributed by atoms with Crippen molar-refractivity contribution in [3.8, 4) is 0 Å². The molecule has 0 aromatic carbocycles. The smallest absolute Gasteiger partial charge is 0.385 e. The maximum absolute atomic E-state index is 12.0. The third kappa shape index (κ3) is 3.42. The molecule has 1 aliphatic carbocycles. The van der Waals surface area contributed by atoms with E-state index in [4.69, 9.17) is 0 Å². The number of allylic oxidation sites excluding steroid dienone is 1. The molecule has 82 valence electrons. The average Bonchev–Trinajstić information content (AvgIpc) is 2.02. The summed E-state index contributed by atoms with van der Waals surface area (Å²) in [6, 6.07) is 0. The van der Waals surface area contributed by atoms with Gasteiger partial charge >= 0.3 is 6.18 Å². The van der Waals surface area contributed by atoms with Crippen molar-refractivity contribution in [2.45, 2.75) is 43.9 Å². The standard InChI is InChI=1S/C9H12F3IO/c10-9(11,12)6-7(13)8(14)4-2-1-3-5-8/h6,14H,1-5H2/b7-6-. The minimum absolute atomic E-state index is 0.0160. The molecule has 0 heterocycles. The minimum Gasteiger partial charge on any atom is -0.385 e. The Kier molecular flexibility index (Phi) is 3.85. The molecule has 0 amide bonds. The molecule has 0 aromatic heterocycles. The lowest BCUT2D eigenvalue weighted by Gasteiger charge is -2.32. The summed E-state index contributed by atoms with van der Waals surface area (Å²) >= 11 is 1.59. The maximum atomic E-state index is 12.0. The Bertz CT molecular complexity index is 229. The summed E-state index contributed by atoms with van der Waals surface area (Å²) in [5, 5.41) is 9.93. The molecule has 1 nitrogen and oxygen atoms in total. The van der Waals surface area contributed by atoms with E-state index in [0.717, 1.165) is 19.3 Å². The second-order valence-corrected chi connectivity index (χ2v) is 4.79. The minimum atomic E-state index is -4.33. The monoisotopic (exact) mass is 320 g/mol. The molecule has 1 saturated carbocycles. The van der Waals surface area contributed by atoms with Crippen molar-refractivity contribution < 1.29 is 18.3 Å². The predicted octanol–water partition coefficient (Wildman–Crippen LogP) is 3.56. The van der Waals surface area contributed by atoms with Gasteiger partial charge in [-0.05, 0) is 35.4 Å².